The van der Waals surface area contributed by atoms with Crippen molar-refractivity contribution < 1.29 is 14.8 Å². The molecule has 0 unspecified atom stereocenters. The van der Waals surface area contributed by atoms with E-state index in [-0.39, 0.29) is 25.8 Å². The predicted octanol–water partition coefficient (Wildman–Crippen LogP) is 5.01. The fraction of sp³-hybridized carbons (Fsp3) is 0. The highest BCUT2D eigenvalue weighted by atomic mass is 35.5. The molecule has 0 aliphatic carbocycles. The van der Waals surface area contributed by atoms with Gasteiger partial charge in [0.25, 0.3) is 11.6 Å². The first-order chi connectivity index (χ1) is 12.3. The summed E-state index contributed by atoms with van der Waals surface area (Å²) in [6, 6.07) is 8.58. The zero-order chi connectivity index (χ0) is 19.0. The summed E-state index contributed by atoms with van der Waals surface area (Å²) in [5.74, 6) is -0.657. The number of thiocarbonyl (C=S) groups is 1. The molecule has 1 aliphatic rings. The van der Waals surface area contributed by atoms with E-state index in [4.69, 9.17) is 35.4 Å². The maximum absolute atomic E-state index is 12.7. The van der Waals surface area contributed by atoms with Gasteiger partial charge in [-0.25, -0.2) is 0 Å². The molecule has 10 heteroatoms. The fourth-order valence-corrected chi connectivity index (χ4v) is 4.06. The van der Waals surface area contributed by atoms with Crippen LogP contribution < -0.4 is 4.90 Å². The molecule has 1 heterocycles. The van der Waals surface area contributed by atoms with Crippen LogP contribution in [0.15, 0.2) is 41.3 Å². The average Bonchev–Trinajstić information content (AvgIpc) is 2.86. The Kier molecular flexibility index (Phi) is 5.19. The van der Waals surface area contributed by atoms with Gasteiger partial charge in [-0.15, -0.1) is 0 Å². The molecule has 3 rings (SSSR count). The SMILES string of the molecule is O=C1/C(=C\c2cc(Cl)c(O)c(Cl)c2)SC(=S)N1c1cccc([N+](=O)[O-])c1. The van der Waals surface area contributed by atoms with Crippen molar-refractivity contribution in [2.45, 2.75) is 0 Å². The molecular weight excluding hydrogens is 419 g/mol. The van der Waals surface area contributed by atoms with E-state index in [2.05, 4.69) is 0 Å². The molecule has 2 aromatic carbocycles. The number of halogens is 2. The Morgan fingerprint density at radius 2 is 1.88 bits per heavy atom. The number of aromatic hydroxyl groups is 1. The summed E-state index contributed by atoms with van der Waals surface area (Å²) in [5, 5.41) is 20.6. The lowest BCUT2D eigenvalue weighted by molar-refractivity contribution is -0.384. The van der Waals surface area contributed by atoms with Gasteiger partial charge in [-0.2, -0.15) is 0 Å². The third-order valence-corrected chi connectivity index (χ3v) is 5.31. The molecule has 0 bridgehead atoms. The lowest BCUT2D eigenvalue weighted by atomic mass is 10.2. The lowest BCUT2D eigenvalue weighted by Gasteiger charge is -2.13. The van der Waals surface area contributed by atoms with Gasteiger partial charge >= 0.3 is 0 Å². The van der Waals surface area contributed by atoms with Crippen molar-refractivity contribution in [1.29, 1.82) is 0 Å². The van der Waals surface area contributed by atoms with Gasteiger partial charge in [0, 0.05) is 12.1 Å². The quantitative estimate of drug-likeness (QED) is 0.321. The Bertz CT molecular complexity index is 971. The molecule has 1 N–H and O–H groups in total. The lowest BCUT2D eigenvalue weighted by Crippen LogP contribution is -2.27. The van der Waals surface area contributed by atoms with Gasteiger partial charge in [-0.1, -0.05) is 53.2 Å². The summed E-state index contributed by atoms with van der Waals surface area (Å²) in [6.45, 7) is 0. The van der Waals surface area contributed by atoms with Crippen LogP contribution in [0.2, 0.25) is 10.0 Å². The molecule has 6 nitrogen and oxygen atoms in total. The summed E-state index contributed by atoms with van der Waals surface area (Å²) in [6.07, 6.45) is 1.54. The summed E-state index contributed by atoms with van der Waals surface area (Å²) < 4.78 is 0.248. The molecule has 1 aliphatic heterocycles. The number of carbonyl (C=O) groups is 1. The third kappa shape index (κ3) is 3.54. The van der Waals surface area contributed by atoms with E-state index in [1.807, 2.05) is 0 Å². The monoisotopic (exact) mass is 426 g/mol. The van der Waals surface area contributed by atoms with Crippen LogP contribution in [0.25, 0.3) is 6.08 Å². The second kappa shape index (κ2) is 7.24. The van der Waals surface area contributed by atoms with Crippen molar-refractivity contribution in [3.05, 3.63) is 67.0 Å². The number of carbonyl (C=O) groups excluding carboxylic acids is 1. The van der Waals surface area contributed by atoms with Gasteiger partial charge < -0.3 is 5.11 Å². The van der Waals surface area contributed by atoms with Crippen LogP contribution in [-0.2, 0) is 4.79 Å². The molecule has 0 atom stereocenters. The molecule has 2 aromatic rings. The second-order valence-corrected chi connectivity index (χ2v) is 7.62. The van der Waals surface area contributed by atoms with E-state index in [9.17, 15) is 20.0 Å². The highest BCUT2D eigenvalue weighted by molar-refractivity contribution is 8.27. The van der Waals surface area contributed by atoms with Crippen LogP contribution >= 0.6 is 47.2 Å². The second-order valence-electron chi connectivity index (χ2n) is 5.13. The average molecular weight is 427 g/mol. The van der Waals surface area contributed by atoms with Crippen molar-refractivity contribution in [2.24, 2.45) is 0 Å². The molecule has 0 aromatic heterocycles. The summed E-state index contributed by atoms with van der Waals surface area (Å²) in [5.41, 5.74) is 0.682. The molecule has 132 valence electrons. The van der Waals surface area contributed by atoms with Crippen LogP contribution in [0, 0.1) is 10.1 Å². The number of hydrogen-bond acceptors (Lipinski definition) is 6. The number of hydrogen-bond donors (Lipinski definition) is 1. The number of phenols is 1. The van der Waals surface area contributed by atoms with Crippen LogP contribution in [0.3, 0.4) is 0 Å². The number of nitrogens with zero attached hydrogens (tertiary/aromatic N) is 2. The van der Waals surface area contributed by atoms with E-state index in [0.29, 0.717) is 16.2 Å². The first kappa shape index (κ1) is 18.7. The Balaban J connectivity index is 1.97. The van der Waals surface area contributed by atoms with Crippen LogP contribution in [0.4, 0.5) is 11.4 Å². The molecule has 1 fully saturated rings. The van der Waals surface area contributed by atoms with Crippen LogP contribution in [0.5, 0.6) is 5.75 Å². The molecular formula is C16H8Cl2N2O4S2. The molecule has 0 saturated carbocycles. The number of phenolic OH excluding ortho intramolecular Hbond substituents is 1. The normalized spacial score (nSPS) is 15.8. The van der Waals surface area contributed by atoms with Crippen molar-refractivity contribution in [3.8, 4) is 5.75 Å². The fourth-order valence-electron chi connectivity index (χ4n) is 2.26. The molecule has 1 saturated heterocycles. The van der Waals surface area contributed by atoms with Crippen molar-refractivity contribution in [1.82, 2.24) is 0 Å². The number of nitro benzene ring substituents is 1. The minimum absolute atomic E-state index is 0.0536. The Morgan fingerprint density at radius 1 is 1.23 bits per heavy atom. The number of rotatable bonds is 3. The van der Waals surface area contributed by atoms with Crippen molar-refractivity contribution in [3.63, 3.8) is 0 Å². The van der Waals surface area contributed by atoms with E-state index < -0.39 is 10.8 Å². The number of anilines is 1. The molecule has 26 heavy (non-hydrogen) atoms. The maximum Gasteiger partial charge on any atom is 0.271 e. The summed E-state index contributed by atoms with van der Waals surface area (Å²) in [7, 11) is 0. The topological polar surface area (TPSA) is 83.7 Å². The minimum atomic E-state index is -0.544. The van der Waals surface area contributed by atoms with E-state index in [1.54, 1.807) is 6.07 Å². The van der Waals surface area contributed by atoms with E-state index in [0.717, 1.165) is 11.8 Å². The number of benzene rings is 2. The minimum Gasteiger partial charge on any atom is -0.505 e. The number of thioether (sulfide) groups is 1. The maximum atomic E-state index is 12.7. The molecule has 1 amide bonds. The van der Waals surface area contributed by atoms with Gasteiger partial charge in [-0.05, 0) is 29.8 Å². The molecule has 0 spiro atoms. The highest BCUT2D eigenvalue weighted by Gasteiger charge is 2.34. The smallest absolute Gasteiger partial charge is 0.271 e. The third-order valence-electron chi connectivity index (χ3n) is 3.43. The van der Waals surface area contributed by atoms with Crippen LogP contribution in [-0.4, -0.2) is 20.3 Å². The number of nitro groups is 1. The van der Waals surface area contributed by atoms with E-state index in [1.165, 1.54) is 41.3 Å². The largest absolute Gasteiger partial charge is 0.505 e. The van der Waals surface area contributed by atoms with Gasteiger partial charge in [-0.3, -0.25) is 19.8 Å². The van der Waals surface area contributed by atoms with Crippen molar-refractivity contribution >= 4 is 74.9 Å². The van der Waals surface area contributed by atoms with Gasteiger partial charge in [0.05, 0.1) is 25.6 Å². The van der Waals surface area contributed by atoms with Crippen LogP contribution in [0.1, 0.15) is 5.56 Å². The number of amides is 1. The predicted molar refractivity (Wildman–Crippen MR) is 107 cm³/mol. The van der Waals surface area contributed by atoms with Gasteiger partial charge in [0.15, 0.2) is 10.1 Å². The zero-order valence-corrected chi connectivity index (χ0v) is 15.8. The summed E-state index contributed by atoms with van der Waals surface area (Å²) in [4.78, 5) is 24.6. The zero-order valence-electron chi connectivity index (χ0n) is 12.7. The first-order valence-corrected chi connectivity index (χ1v) is 8.96. The molecule has 0 radical (unpaired) electrons. The Labute approximate surface area is 167 Å². The Morgan fingerprint density at radius 3 is 2.50 bits per heavy atom. The van der Waals surface area contributed by atoms with Gasteiger partial charge in [0.1, 0.15) is 0 Å². The standard InChI is InChI=1S/C16H8Cl2N2O4S2/c17-11-4-8(5-12(18)14(11)21)6-13-15(22)19(16(25)26-13)9-2-1-3-10(7-9)20(23)24/h1-7,21H/b13-6+. The number of non-ortho nitro benzene ring substituents is 1. The highest BCUT2D eigenvalue weighted by Crippen LogP contribution is 2.38. The van der Waals surface area contributed by atoms with Crippen molar-refractivity contribution in [2.75, 3.05) is 4.90 Å². The first-order valence-electron chi connectivity index (χ1n) is 6.98. The Hall–Kier alpha value is -2.13. The van der Waals surface area contributed by atoms with Gasteiger partial charge in [0.2, 0.25) is 0 Å². The summed E-state index contributed by atoms with van der Waals surface area (Å²) >= 11 is 18.1. The van der Waals surface area contributed by atoms with E-state index >= 15 is 0 Å².